The van der Waals surface area contributed by atoms with Gasteiger partial charge in [-0.05, 0) is 77.3 Å². The smallest absolute Gasteiger partial charge is 0.176 e. The number of aromatic nitrogens is 3. The van der Waals surface area contributed by atoms with E-state index in [1.54, 1.807) is 6.07 Å². The number of aryl methyl sites for hydroxylation is 3. The first-order valence-electron chi connectivity index (χ1n) is 11.8. The van der Waals surface area contributed by atoms with Crippen LogP contribution in [0, 0.1) is 17.5 Å². The lowest BCUT2D eigenvalue weighted by molar-refractivity contribution is -0.0500. The minimum Gasteiger partial charge on any atom is -0.370 e. The lowest BCUT2D eigenvalue weighted by atomic mass is 9.76. The van der Waals surface area contributed by atoms with Crippen molar-refractivity contribution in [3.63, 3.8) is 0 Å². The molecule has 7 heteroatoms. The van der Waals surface area contributed by atoms with Gasteiger partial charge in [-0.3, -0.25) is 9.88 Å². The minimum atomic E-state index is -0.157. The summed E-state index contributed by atoms with van der Waals surface area (Å²) in [4.78, 5) is 12.9. The topological polar surface area (TPSA) is 43.2 Å². The molecule has 0 spiro atoms. The van der Waals surface area contributed by atoms with E-state index < -0.39 is 0 Å². The van der Waals surface area contributed by atoms with E-state index in [4.69, 9.17) is 9.72 Å². The zero-order valence-electron chi connectivity index (χ0n) is 20.3. The van der Waals surface area contributed by atoms with Crippen LogP contribution < -0.4 is 0 Å². The molecule has 0 radical (unpaired) electrons. The maximum atomic E-state index is 13.7. The lowest BCUT2D eigenvalue weighted by Crippen LogP contribution is -2.43. The molecule has 0 saturated carbocycles. The molecule has 1 fully saturated rings. The lowest BCUT2D eigenvalue weighted by Gasteiger charge is -2.41. The number of halogens is 1. The summed E-state index contributed by atoms with van der Waals surface area (Å²) in [5.41, 5.74) is 1.97. The van der Waals surface area contributed by atoms with Crippen LogP contribution in [0.4, 0.5) is 4.39 Å². The van der Waals surface area contributed by atoms with Crippen LogP contribution in [0.25, 0.3) is 0 Å². The summed E-state index contributed by atoms with van der Waals surface area (Å²) < 4.78 is 22.2. The molecule has 0 amide bonds. The zero-order valence-corrected chi connectivity index (χ0v) is 21.2. The van der Waals surface area contributed by atoms with Crippen LogP contribution in [0.5, 0.6) is 0 Å². The van der Waals surface area contributed by atoms with Crippen molar-refractivity contribution in [1.82, 2.24) is 19.4 Å². The third-order valence-electron chi connectivity index (χ3n) is 7.27. The van der Waals surface area contributed by atoms with E-state index in [-0.39, 0.29) is 22.2 Å². The van der Waals surface area contributed by atoms with E-state index in [0.29, 0.717) is 6.61 Å². The van der Waals surface area contributed by atoms with Crippen molar-refractivity contribution >= 4 is 11.3 Å². The molecule has 5 nitrogen and oxygen atoms in total. The highest BCUT2D eigenvalue weighted by Crippen LogP contribution is 2.50. The van der Waals surface area contributed by atoms with Crippen LogP contribution in [0.1, 0.15) is 61.7 Å². The Morgan fingerprint density at radius 2 is 2.06 bits per heavy atom. The quantitative estimate of drug-likeness (QED) is 0.405. The predicted octanol–water partition coefficient (Wildman–Crippen LogP) is 5.66. The molecule has 1 aliphatic heterocycles. The van der Waals surface area contributed by atoms with Gasteiger partial charge in [-0.15, -0.1) is 11.3 Å². The van der Waals surface area contributed by atoms with Gasteiger partial charge in [0.25, 0.3) is 0 Å². The molecule has 1 aliphatic rings. The predicted molar refractivity (Wildman–Crippen MR) is 131 cm³/mol. The molecule has 33 heavy (non-hydrogen) atoms. The molecular weight excluding hydrogens is 435 g/mol. The third kappa shape index (κ3) is 4.91. The Balaban J connectivity index is 1.66. The molecular formula is C26H35FN4OS. The van der Waals surface area contributed by atoms with E-state index >= 15 is 0 Å². The van der Waals surface area contributed by atoms with Gasteiger partial charge in [-0.2, -0.15) is 4.39 Å². The Kier molecular flexibility index (Phi) is 7.03. The van der Waals surface area contributed by atoms with E-state index in [1.165, 1.54) is 16.9 Å². The SMILES string of the molecule is CCOC(c1nccn1C)C1(CCc2ccc(F)s2)CCN(C(C)(C)c2ccc(C)nc2)C1. The number of hydrogen-bond donors (Lipinski definition) is 0. The average molecular weight is 471 g/mol. The van der Waals surface area contributed by atoms with E-state index in [0.717, 1.165) is 48.7 Å². The molecule has 0 bridgehead atoms. The van der Waals surface area contributed by atoms with Gasteiger partial charge in [0.15, 0.2) is 5.13 Å². The summed E-state index contributed by atoms with van der Waals surface area (Å²) >= 11 is 1.25. The van der Waals surface area contributed by atoms with Gasteiger partial charge in [0.05, 0.1) is 0 Å². The van der Waals surface area contributed by atoms with Crippen molar-refractivity contribution in [3.05, 3.63) is 69.9 Å². The van der Waals surface area contributed by atoms with Gasteiger partial charge < -0.3 is 9.30 Å². The summed E-state index contributed by atoms with van der Waals surface area (Å²) in [5.74, 6) is 0.964. The fraction of sp³-hybridized carbons (Fsp3) is 0.538. The molecule has 3 aromatic heterocycles. The highest BCUT2D eigenvalue weighted by molar-refractivity contribution is 7.10. The number of ether oxygens (including phenoxy) is 1. The molecule has 4 heterocycles. The molecule has 0 N–H and O–H groups in total. The van der Waals surface area contributed by atoms with Crippen LogP contribution in [-0.2, 0) is 23.7 Å². The number of imidazole rings is 1. The van der Waals surface area contributed by atoms with Crippen molar-refractivity contribution in [2.75, 3.05) is 19.7 Å². The van der Waals surface area contributed by atoms with Crippen molar-refractivity contribution in [1.29, 1.82) is 0 Å². The maximum Gasteiger partial charge on any atom is 0.176 e. The Bertz CT molecular complexity index is 1060. The molecule has 2 unspecified atom stereocenters. The second-order valence-electron chi connectivity index (χ2n) is 9.72. The number of hydrogen-bond acceptors (Lipinski definition) is 5. The molecule has 1 saturated heterocycles. The summed E-state index contributed by atoms with van der Waals surface area (Å²) in [7, 11) is 2.03. The van der Waals surface area contributed by atoms with Crippen LogP contribution in [0.2, 0.25) is 0 Å². The third-order valence-corrected chi connectivity index (χ3v) is 8.21. The number of rotatable bonds is 9. The standard InChI is InChI=1S/C26H35FN4OS/c1-6-32-23(24-28-14-16-30(24)5)26(12-11-21-9-10-22(27)33-21)13-15-31(18-26)25(3,4)20-8-7-19(2)29-17-20/h7-10,14,16-17,23H,6,11-13,15,18H2,1-5H3. The Morgan fingerprint density at radius 3 is 2.67 bits per heavy atom. The van der Waals surface area contributed by atoms with Crippen molar-refractivity contribution < 1.29 is 9.13 Å². The van der Waals surface area contributed by atoms with Crippen molar-refractivity contribution in [3.8, 4) is 0 Å². The van der Waals surface area contributed by atoms with E-state index in [1.807, 2.05) is 45.6 Å². The highest BCUT2D eigenvalue weighted by atomic mass is 32.1. The first kappa shape index (κ1) is 24.0. The molecule has 2 atom stereocenters. The number of thiophene rings is 1. The van der Waals surface area contributed by atoms with Gasteiger partial charge in [-0.25, -0.2) is 4.98 Å². The van der Waals surface area contributed by atoms with Gasteiger partial charge in [0, 0.05) is 60.3 Å². The zero-order chi connectivity index (χ0) is 23.6. The Hall–Kier alpha value is -2.09. The van der Waals surface area contributed by atoms with Gasteiger partial charge in [0.2, 0.25) is 0 Å². The summed E-state index contributed by atoms with van der Waals surface area (Å²) in [6.45, 7) is 11.1. The van der Waals surface area contributed by atoms with E-state index in [9.17, 15) is 4.39 Å². The van der Waals surface area contributed by atoms with Gasteiger partial charge >= 0.3 is 0 Å². The second kappa shape index (κ2) is 9.65. The van der Waals surface area contributed by atoms with Crippen LogP contribution >= 0.6 is 11.3 Å². The van der Waals surface area contributed by atoms with Crippen LogP contribution in [0.15, 0.2) is 42.9 Å². The molecule has 4 rings (SSSR count). The van der Waals surface area contributed by atoms with Crippen molar-refractivity contribution in [2.24, 2.45) is 12.5 Å². The fourth-order valence-electron chi connectivity index (χ4n) is 5.11. The average Bonchev–Trinajstić information content (AvgIpc) is 3.52. The minimum absolute atomic E-state index is 0.120. The summed E-state index contributed by atoms with van der Waals surface area (Å²) in [6.07, 6.45) is 8.47. The Labute approximate surface area is 200 Å². The van der Waals surface area contributed by atoms with Crippen LogP contribution in [0.3, 0.4) is 0 Å². The second-order valence-corrected chi connectivity index (χ2v) is 10.8. The van der Waals surface area contributed by atoms with Crippen LogP contribution in [-0.4, -0.2) is 39.1 Å². The van der Waals surface area contributed by atoms with Gasteiger partial charge in [-0.1, -0.05) is 6.07 Å². The summed E-state index contributed by atoms with van der Waals surface area (Å²) in [5, 5.41) is -0.120. The number of likely N-dealkylation sites (tertiary alicyclic amines) is 1. The normalized spacial score (nSPS) is 20.4. The van der Waals surface area contributed by atoms with Crippen molar-refractivity contribution in [2.45, 2.75) is 58.6 Å². The number of pyridine rings is 1. The molecule has 0 aromatic carbocycles. The highest BCUT2D eigenvalue weighted by Gasteiger charge is 2.50. The maximum absolute atomic E-state index is 13.7. The van der Waals surface area contributed by atoms with Gasteiger partial charge in [0.1, 0.15) is 11.9 Å². The first-order valence-corrected chi connectivity index (χ1v) is 12.6. The monoisotopic (exact) mass is 470 g/mol. The largest absolute Gasteiger partial charge is 0.370 e. The fourth-order valence-corrected chi connectivity index (χ4v) is 5.84. The van der Waals surface area contributed by atoms with E-state index in [2.05, 4.69) is 40.4 Å². The summed E-state index contributed by atoms with van der Waals surface area (Å²) in [6, 6.07) is 7.76. The number of nitrogens with zero attached hydrogens (tertiary/aromatic N) is 4. The molecule has 178 valence electrons. The first-order chi connectivity index (χ1) is 15.7. The molecule has 3 aromatic rings. The molecule has 0 aliphatic carbocycles. The Morgan fingerprint density at radius 1 is 1.24 bits per heavy atom.